The number of fused-ring (bicyclic) bond motifs is 1. The Morgan fingerprint density at radius 1 is 0.800 bits per heavy atom. The fraction of sp³-hybridized carbons (Fsp3) is 0.100. The summed E-state index contributed by atoms with van der Waals surface area (Å²) >= 11 is 0. The van der Waals surface area contributed by atoms with Gasteiger partial charge in [-0.1, -0.05) is 66.7 Å². The summed E-state index contributed by atoms with van der Waals surface area (Å²) in [4.78, 5) is 0.261. The predicted octanol–water partition coefficient (Wildman–Crippen LogP) is 4.06. The molecule has 0 saturated heterocycles. The number of phenolic OH excluding ortho intramolecular Hbond substituents is 1. The highest BCUT2D eigenvalue weighted by molar-refractivity contribution is 7.87. The van der Waals surface area contributed by atoms with Gasteiger partial charge in [-0.05, 0) is 30.7 Å². The van der Waals surface area contributed by atoms with Gasteiger partial charge in [0.25, 0.3) is 10.1 Å². The summed E-state index contributed by atoms with van der Waals surface area (Å²) in [6.07, 6.45) is 0. The van der Waals surface area contributed by atoms with Crippen molar-refractivity contribution in [3.8, 4) is 5.75 Å². The Morgan fingerprint density at radius 2 is 1.32 bits per heavy atom. The van der Waals surface area contributed by atoms with Gasteiger partial charge in [-0.25, -0.2) is 0 Å². The van der Waals surface area contributed by atoms with Crippen LogP contribution in [0.1, 0.15) is 18.1 Å². The van der Waals surface area contributed by atoms with E-state index < -0.39 is 15.7 Å². The fourth-order valence-electron chi connectivity index (χ4n) is 2.78. The summed E-state index contributed by atoms with van der Waals surface area (Å²) in [7, 11) is -3.66. The molecule has 0 bridgehead atoms. The van der Waals surface area contributed by atoms with Crippen molar-refractivity contribution in [3.63, 3.8) is 0 Å². The van der Waals surface area contributed by atoms with Crippen molar-refractivity contribution in [2.75, 3.05) is 0 Å². The second-order valence-corrected chi connectivity index (χ2v) is 7.28. The van der Waals surface area contributed by atoms with Crippen LogP contribution < -0.4 is 0 Å². The van der Waals surface area contributed by atoms with Crippen molar-refractivity contribution >= 4 is 10.1 Å². The second kappa shape index (κ2) is 6.70. The van der Waals surface area contributed by atoms with Crippen LogP contribution in [0, 0.1) is 0 Å². The van der Waals surface area contributed by atoms with Crippen LogP contribution in [0.4, 0.5) is 0 Å². The smallest absolute Gasteiger partial charge is 0.298 e. The highest BCUT2D eigenvalue weighted by Gasteiger charge is 2.46. The Balaban J connectivity index is 0.000000219. The van der Waals surface area contributed by atoms with Gasteiger partial charge in [-0.3, -0.25) is 4.18 Å². The molecule has 5 heteroatoms. The number of benzene rings is 3. The van der Waals surface area contributed by atoms with Crippen LogP contribution in [0.3, 0.4) is 0 Å². The zero-order valence-electron chi connectivity index (χ0n) is 13.7. The van der Waals surface area contributed by atoms with Crippen LogP contribution in [0.2, 0.25) is 0 Å². The number of phenols is 1. The minimum Gasteiger partial charge on any atom is -0.508 e. The van der Waals surface area contributed by atoms with Crippen molar-refractivity contribution in [1.29, 1.82) is 0 Å². The predicted molar refractivity (Wildman–Crippen MR) is 95.7 cm³/mol. The number of hydrogen-bond donors (Lipinski definition) is 1. The molecule has 128 valence electrons. The quantitative estimate of drug-likeness (QED) is 0.669. The lowest BCUT2D eigenvalue weighted by Crippen LogP contribution is -2.23. The van der Waals surface area contributed by atoms with Gasteiger partial charge in [0.2, 0.25) is 0 Å². The van der Waals surface area contributed by atoms with Gasteiger partial charge in [0.1, 0.15) is 16.2 Å². The first-order valence-electron chi connectivity index (χ1n) is 7.78. The Bertz CT molecular complexity index is 953. The molecular weight excluding hydrogens is 336 g/mol. The first-order chi connectivity index (χ1) is 11.9. The van der Waals surface area contributed by atoms with Gasteiger partial charge < -0.3 is 5.11 Å². The molecule has 3 aromatic carbocycles. The summed E-state index contributed by atoms with van der Waals surface area (Å²) in [5.41, 5.74) is 0.589. The van der Waals surface area contributed by atoms with E-state index in [0.29, 0.717) is 11.3 Å². The van der Waals surface area contributed by atoms with E-state index in [2.05, 4.69) is 0 Å². The Morgan fingerprint density at radius 3 is 1.88 bits per heavy atom. The number of para-hydroxylation sites is 1. The largest absolute Gasteiger partial charge is 0.508 e. The maximum absolute atomic E-state index is 12.0. The van der Waals surface area contributed by atoms with Gasteiger partial charge in [0.05, 0.1) is 0 Å². The molecule has 1 aliphatic rings. The molecule has 0 aromatic heterocycles. The number of aromatic hydroxyl groups is 1. The molecule has 0 amide bonds. The molecule has 1 N–H and O–H groups in total. The lowest BCUT2D eigenvalue weighted by Gasteiger charge is -2.23. The van der Waals surface area contributed by atoms with E-state index in [1.807, 2.05) is 42.5 Å². The minimum atomic E-state index is -3.66. The van der Waals surface area contributed by atoms with Crippen LogP contribution in [0.15, 0.2) is 89.8 Å². The maximum atomic E-state index is 12.0. The monoisotopic (exact) mass is 354 g/mol. The molecule has 3 aromatic rings. The van der Waals surface area contributed by atoms with E-state index >= 15 is 0 Å². The zero-order chi connectivity index (χ0) is 17.9. The van der Waals surface area contributed by atoms with Gasteiger partial charge in [-0.15, -0.1) is 0 Å². The van der Waals surface area contributed by atoms with Crippen molar-refractivity contribution in [2.24, 2.45) is 0 Å². The van der Waals surface area contributed by atoms with Crippen molar-refractivity contribution < 1.29 is 17.7 Å². The van der Waals surface area contributed by atoms with Gasteiger partial charge in [-0.2, -0.15) is 8.42 Å². The average Bonchev–Trinajstić information content (AvgIpc) is 2.85. The molecular formula is C20H18O4S. The van der Waals surface area contributed by atoms with Gasteiger partial charge >= 0.3 is 0 Å². The Hall–Kier alpha value is -2.63. The zero-order valence-corrected chi connectivity index (χ0v) is 14.5. The lowest BCUT2D eigenvalue weighted by molar-refractivity contribution is 0.156. The summed E-state index contributed by atoms with van der Waals surface area (Å²) in [5, 5.41) is 8.63. The third-order valence-electron chi connectivity index (χ3n) is 4.03. The summed E-state index contributed by atoms with van der Waals surface area (Å²) < 4.78 is 29.4. The van der Waals surface area contributed by atoms with E-state index in [-0.39, 0.29) is 4.90 Å². The molecule has 4 nitrogen and oxygen atoms in total. The molecule has 4 rings (SSSR count). The Labute approximate surface area is 147 Å². The Kier molecular flexibility index (Phi) is 4.61. The number of rotatable bonds is 1. The summed E-state index contributed by atoms with van der Waals surface area (Å²) in [6, 6.07) is 25.0. The molecule has 1 heterocycles. The molecule has 1 unspecified atom stereocenters. The van der Waals surface area contributed by atoms with E-state index in [0.717, 1.165) is 5.56 Å². The van der Waals surface area contributed by atoms with Crippen LogP contribution in [0.25, 0.3) is 0 Å². The molecule has 0 radical (unpaired) electrons. The molecule has 0 spiro atoms. The first kappa shape index (κ1) is 17.2. The SMILES string of the molecule is CC1(c2ccccc2)OS(=O)(=O)c2ccccc21.Oc1ccccc1. The third kappa shape index (κ3) is 3.43. The topological polar surface area (TPSA) is 63.6 Å². The van der Waals surface area contributed by atoms with Crippen molar-refractivity contribution in [3.05, 3.63) is 96.1 Å². The molecule has 0 aliphatic carbocycles. The van der Waals surface area contributed by atoms with E-state index in [9.17, 15) is 8.42 Å². The molecule has 1 atom stereocenters. The van der Waals surface area contributed by atoms with Crippen molar-refractivity contribution in [2.45, 2.75) is 17.4 Å². The van der Waals surface area contributed by atoms with Gasteiger partial charge in [0.15, 0.2) is 0 Å². The fourth-order valence-corrected chi connectivity index (χ4v) is 4.27. The molecule has 0 fully saturated rings. The summed E-state index contributed by atoms with van der Waals surface area (Å²) in [6.45, 7) is 1.78. The van der Waals surface area contributed by atoms with Crippen LogP contribution in [0.5, 0.6) is 5.75 Å². The van der Waals surface area contributed by atoms with Crippen LogP contribution >= 0.6 is 0 Å². The molecule has 25 heavy (non-hydrogen) atoms. The van der Waals surface area contributed by atoms with Crippen LogP contribution in [-0.2, 0) is 19.9 Å². The first-order valence-corrected chi connectivity index (χ1v) is 9.19. The van der Waals surface area contributed by atoms with Crippen molar-refractivity contribution in [1.82, 2.24) is 0 Å². The average molecular weight is 354 g/mol. The lowest BCUT2D eigenvalue weighted by atomic mass is 9.88. The second-order valence-electron chi connectivity index (χ2n) is 5.77. The highest BCUT2D eigenvalue weighted by atomic mass is 32.2. The normalized spacial score (nSPS) is 20.2. The maximum Gasteiger partial charge on any atom is 0.298 e. The third-order valence-corrected chi connectivity index (χ3v) is 5.48. The summed E-state index contributed by atoms with van der Waals surface area (Å²) in [5.74, 6) is 0.322. The number of hydrogen-bond acceptors (Lipinski definition) is 4. The van der Waals surface area contributed by atoms with Gasteiger partial charge in [0, 0.05) is 5.56 Å². The van der Waals surface area contributed by atoms with E-state index in [4.69, 9.17) is 9.29 Å². The van der Waals surface area contributed by atoms with E-state index in [1.165, 1.54) is 0 Å². The van der Waals surface area contributed by atoms with Crippen LogP contribution in [-0.4, -0.2) is 13.5 Å². The van der Waals surface area contributed by atoms with E-state index in [1.54, 1.807) is 49.4 Å². The molecule has 1 aliphatic heterocycles. The standard InChI is InChI=1S/C14H12O3S.C6H6O/c1-14(11-7-3-2-4-8-11)12-9-5-6-10-13(12)18(15,16)17-14;7-6-4-2-1-3-5-6/h2-10H,1H3;1-5,7H. The minimum absolute atomic E-state index is 0.261. The highest BCUT2D eigenvalue weighted by Crippen LogP contribution is 2.45. The molecule has 0 saturated carbocycles.